The Balaban J connectivity index is 1.57. The Bertz CT molecular complexity index is 1070. The van der Waals surface area contributed by atoms with E-state index in [0.29, 0.717) is 16.7 Å². The van der Waals surface area contributed by atoms with Gasteiger partial charge in [-0.2, -0.15) is 0 Å². The number of para-hydroxylation sites is 1. The van der Waals surface area contributed by atoms with Crippen LogP contribution in [-0.4, -0.2) is 22.5 Å². The number of ether oxygens (including phenoxy) is 2. The number of halogens is 1. The summed E-state index contributed by atoms with van der Waals surface area (Å²) in [5, 5.41) is 0.575. The first-order chi connectivity index (χ1) is 13.9. The molecule has 0 bridgehead atoms. The van der Waals surface area contributed by atoms with E-state index in [2.05, 4.69) is 9.97 Å². The third-order valence-electron chi connectivity index (χ3n) is 3.56. The second kappa shape index (κ2) is 9.33. The number of nitrogens with zero attached hydrogens (tertiary/aromatic N) is 2. The van der Waals surface area contributed by atoms with E-state index in [9.17, 15) is 14.0 Å². The van der Waals surface area contributed by atoms with E-state index in [0.717, 1.165) is 17.7 Å². The highest BCUT2D eigenvalue weighted by atomic mass is 32.2. The highest BCUT2D eigenvalue weighted by molar-refractivity contribution is 7.98. The minimum absolute atomic E-state index is 0.0857. The number of thioether (sulfide) groups is 1. The molecule has 0 saturated heterocycles. The van der Waals surface area contributed by atoms with E-state index >= 15 is 0 Å². The predicted octanol–water partition coefficient (Wildman–Crippen LogP) is 3.46. The predicted molar refractivity (Wildman–Crippen MR) is 104 cm³/mol. The van der Waals surface area contributed by atoms with E-state index < -0.39 is 23.8 Å². The van der Waals surface area contributed by atoms with Crippen LogP contribution >= 0.6 is 11.8 Å². The van der Waals surface area contributed by atoms with Gasteiger partial charge in [0.1, 0.15) is 12.0 Å². The summed E-state index contributed by atoms with van der Waals surface area (Å²) in [5.41, 5.74) is 1.18. The topological polar surface area (TPSA) is 91.5 Å². The lowest BCUT2D eigenvalue weighted by Gasteiger charge is -2.07. The second-order valence-electron chi connectivity index (χ2n) is 5.99. The number of rotatable bonds is 7. The zero-order valence-electron chi connectivity index (χ0n) is 15.7. The first-order valence-electron chi connectivity index (χ1n) is 8.55. The fraction of sp³-hybridized carbons (Fsp3) is 0.200. The monoisotopic (exact) mass is 416 g/mol. The van der Waals surface area contributed by atoms with Gasteiger partial charge in [-0.25, -0.2) is 19.2 Å². The van der Waals surface area contributed by atoms with Gasteiger partial charge in [-0.05, 0) is 32.0 Å². The van der Waals surface area contributed by atoms with Crippen molar-refractivity contribution in [1.82, 2.24) is 9.97 Å². The maximum Gasteiger partial charge on any atom is 0.349 e. The highest BCUT2D eigenvalue weighted by Gasteiger charge is 2.13. The van der Waals surface area contributed by atoms with Crippen molar-refractivity contribution < 1.29 is 23.1 Å². The van der Waals surface area contributed by atoms with Gasteiger partial charge in [-0.15, -0.1) is 0 Å². The van der Waals surface area contributed by atoms with Crippen LogP contribution in [-0.2, 0) is 10.5 Å². The Hall–Kier alpha value is -3.20. The average Bonchev–Trinajstić information content (AvgIpc) is 2.67. The first kappa shape index (κ1) is 20.5. The molecule has 0 aliphatic rings. The average molecular weight is 416 g/mol. The number of carbonyl (C=O) groups excluding carboxylic acids is 1. The maximum absolute atomic E-state index is 13.5. The molecular weight excluding hydrogens is 399 g/mol. The molecule has 0 aliphatic heterocycles. The molecule has 3 aromatic rings. The van der Waals surface area contributed by atoms with E-state index in [4.69, 9.17) is 13.9 Å². The number of aromatic nitrogens is 2. The lowest BCUT2D eigenvalue weighted by molar-refractivity contribution is -0.136. The quantitative estimate of drug-likeness (QED) is 0.329. The summed E-state index contributed by atoms with van der Waals surface area (Å²) >= 11 is 1.32. The SMILES string of the molecule is Cc1cc(C)nc(SCc2cc(=O)c(OC(=O)COc3ccccc3F)co2)n1. The molecule has 2 heterocycles. The van der Waals surface area contributed by atoms with Gasteiger partial charge in [0.2, 0.25) is 11.2 Å². The van der Waals surface area contributed by atoms with Crippen LogP contribution in [0, 0.1) is 19.7 Å². The van der Waals surface area contributed by atoms with Crippen molar-refractivity contribution in [2.45, 2.75) is 24.8 Å². The maximum atomic E-state index is 13.5. The molecule has 0 fully saturated rings. The summed E-state index contributed by atoms with van der Waals surface area (Å²) in [6, 6.07) is 8.74. The van der Waals surface area contributed by atoms with E-state index in [1.54, 1.807) is 6.07 Å². The number of hydrogen-bond acceptors (Lipinski definition) is 8. The molecule has 7 nitrogen and oxygen atoms in total. The summed E-state index contributed by atoms with van der Waals surface area (Å²) in [6.45, 7) is 3.19. The number of benzene rings is 1. The normalized spacial score (nSPS) is 10.6. The van der Waals surface area contributed by atoms with Crippen LogP contribution in [0.2, 0.25) is 0 Å². The molecule has 0 N–H and O–H groups in total. The van der Waals surface area contributed by atoms with Crippen molar-refractivity contribution in [3.05, 3.63) is 75.9 Å². The largest absolute Gasteiger partial charge is 0.479 e. The fourth-order valence-electron chi connectivity index (χ4n) is 2.33. The number of hydrogen-bond donors (Lipinski definition) is 0. The highest BCUT2D eigenvalue weighted by Crippen LogP contribution is 2.20. The molecule has 0 amide bonds. The summed E-state index contributed by atoms with van der Waals surface area (Å²) < 4.78 is 28.8. The molecule has 3 rings (SSSR count). The molecule has 2 aromatic heterocycles. The van der Waals surface area contributed by atoms with Gasteiger partial charge in [0, 0.05) is 17.5 Å². The minimum Gasteiger partial charge on any atom is -0.479 e. The van der Waals surface area contributed by atoms with Gasteiger partial charge in [0.25, 0.3) is 0 Å². The van der Waals surface area contributed by atoms with Crippen LogP contribution in [0.25, 0.3) is 0 Å². The van der Waals surface area contributed by atoms with E-state index in [-0.39, 0.29) is 11.5 Å². The van der Waals surface area contributed by atoms with Crippen molar-refractivity contribution in [3.63, 3.8) is 0 Å². The van der Waals surface area contributed by atoms with Gasteiger partial charge in [-0.3, -0.25) is 4.79 Å². The van der Waals surface area contributed by atoms with Crippen LogP contribution < -0.4 is 14.9 Å². The van der Waals surface area contributed by atoms with Gasteiger partial charge >= 0.3 is 5.97 Å². The Morgan fingerprint density at radius 1 is 1.14 bits per heavy atom. The molecular formula is C20H17FN2O5S. The number of aryl methyl sites for hydroxylation is 2. The zero-order chi connectivity index (χ0) is 20.8. The minimum atomic E-state index is -0.855. The molecule has 0 radical (unpaired) electrons. The Morgan fingerprint density at radius 3 is 2.55 bits per heavy atom. The van der Waals surface area contributed by atoms with Gasteiger partial charge in [0.05, 0.1) is 5.75 Å². The first-order valence-corrected chi connectivity index (χ1v) is 9.54. The van der Waals surface area contributed by atoms with Crippen molar-refractivity contribution >= 4 is 17.7 Å². The zero-order valence-corrected chi connectivity index (χ0v) is 16.5. The third-order valence-corrected chi connectivity index (χ3v) is 4.43. The van der Waals surface area contributed by atoms with Crippen molar-refractivity contribution in [1.29, 1.82) is 0 Å². The van der Waals surface area contributed by atoms with Crippen molar-refractivity contribution in [3.8, 4) is 11.5 Å². The van der Waals surface area contributed by atoms with Crippen LogP contribution in [0.4, 0.5) is 4.39 Å². The van der Waals surface area contributed by atoms with Crippen LogP contribution in [0.5, 0.6) is 11.5 Å². The second-order valence-corrected chi connectivity index (χ2v) is 6.93. The molecule has 9 heteroatoms. The van der Waals surface area contributed by atoms with Gasteiger partial charge < -0.3 is 13.9 Å². The lowest BCUT2D eigenvalue weighted by Crippen LogP contribution is -2.21. The molecule has 29 heavy (non-hydrogen) atoms. The summed E-state index contributed by atoms with van der Waals surface area (Å²) in [5.74, 6) is -1.10. The Morgan fingerprint density at radius 2 is 1.86 bits per heavy atom. The summed E-state index contributed by atoms with van der Waals surface area (Å²) in [7, 11) is 0. The third kappa shape index (κ3) is 5.89. The van der Waals surface area contributed by atoms with E-state index in [1.165, 1.54) is 36.0 Å². The molecule has 0 saturated carbocycles. The number of carbonyl (C=O) groups is 1. The van der Waals surface area contributed by atoms with Crippen LogP contribution in [0.1, 0.15) is 17.1 Å². The Labute approximate surface area is 169 Å². The summed E-state index contributed by atoms with van der Waals surface area (Å²) in [4.78, 5) is 32.6. The molecule has 150 valence electrons. The fourth-order valence-corrected chi connectivity index (χ4v) is 3.17. The van der Waals surface area contributed by atoms with Gasteiger partial charge in [-0.1, -0.05) is 23.9 Å². The smallest absolute Gasteiger partial charge is 0.349 e. The van der Waals surface area contributed by atoms with Crippen LogP contribution in [0.15, 0.2) is 57.0 Å². The standard InChI is InChI=1S/C20H17FN2O5S/c1-12-7-13(2)23-20(22-12)29-11-14-8-16(24)18(9-26-14)28-19(25)10-27-17-6-4-3-5-15(17)21/h3-9H,10-11H2,1-2H3. The van der Waals surface area contributed by atoms with Crippen molar-refractivity contribution in [2.24, 2.45) is 0 Å². The molecule has 0 spiro atoms. The van der Waals surface area contributed by atoms with Crippen LogP contribution in [0.3, 0.4) is 0 Å². The molecule has 0 atom stereocenters. The number of esters is 1. The van der Waals surface area contributed by atoms with E-state index in [1.807, 2.05) is 19.9 Å². The molecule has 1 aromatic carbocycles. The van der Waals surface area contributed by atoms with Gasteiger partial charge in [0.15, 0.2) is 23.3 Å². The molecule has 0 aliphatic carbocycles. The molecule has 0 unspecified atom stereocenters. The Kier molecular flexibility index (Phi) is 6.61. The van der Waals surface area contributed by atoms with Crippen molar-refractivity contribution in [2.75, 3.05) is 6.61 Å². The summed E-state index contributed by atoms with van der Waals surface area (Å²) in [6.07, 6.45) is 1.06. The lowest BCUT2D eigenvalue weighted by atomic mass is 10.3.